The van der Waals surface area contributed by atoms with Gasteiger partial charge in [0.1, 0.15) is 17.7 Å². The molecule has 18 nitrogen and oxygen atoms in total. The lowest BCUT2D eigenvalue weighted by atomic mass is 9.95. The average Bonchev–Trinajstić information content (AvgIpc) is 3.43. The zero-order valence-corrected chi connectivity index (χ0v) is 32.5. The second-order valence-corrected chi connectivity index (χ2v) is 14.2. The van der Waals surface area contributed by atoms with E-state index in [1.165, 1.54) is 25.2 Å². The van der Waals surface area contributed by atoms with Crippen LogP contribution < -0.4 is 26.6 Å². The number of esters is 1. The predicted octanol–water partition coefficient (Wildman–Crippen LogP) is 2.31. The monoisotopic (exact) mass is 783 g/mol. The Labute approximate surface area is 330 Å². The van der Waals surface area contributed by atoms with Gasteiger partial charge in [0.2, 0.25) is 17.8 Å². The number of nitrogens with two attached hydrogens (primary N) is 1. The largest absolute Gasteiger partial charge is 0.451 e. The molecule has 0 bridgehead atoms. The number of hydrogen-bond donors (Lipinski definition) is 6. The Morgan fingerprint density at radius 2 is 1.86 bits per heavy atom. The maximum Gasteiger partial charge on any atom is 0.339 e. The molecule has 1 atom stereocenters. The lowest BCUT2D eigenvalue weighted by Gasteiger charge is -2.37. The van der Waals surface area contributed by atoms with E-state index >= 15 is 0 Å². The van der Waals surface area contributed by atoms with Gasteiger partial charge < -0.3 is 45.8 Å². The molecular weight excluding hydrogens is 734 g/mol. The Bertz CT molecular complexity index is 2030. The number of nitrogens with one attached hydrogen (secondary N) is 5. The van der Waals surface area contributed by atoms with Crippen LogP contribution in [0.5, 0.6) is 0 Å². The van der Waals surface area contributed by atoms with Crippen LogP contribution in [0.4, 0.5) is 23.1 Å². The van der Waals surface area contributed by atoms with Gasteiger partial charge in [0.25, 0.3) is 5.91 Å². The second kappa shape index (κ2) is 18.6. The smallest absolute Gasteiger partial charge is 0.339 e. The zero-order valence-electron chi connectivity index (χ0n) is 32.5. The molecule has 2 aromatic carbocycles. The quantitative estimate of drug-likeness (QED) is 0.0378. The van der Waals surface area contributed by atoms with Crippen LogP contribution in [-0.4, -0.2) is 128 Å². The van der Waals surface area contributed by atoms with Crippen molar-refractivity contribution in [3.8, 4) is 0 Å². The summed E-state index contributed by atoms with van der Waals surface area (Å²) in [6.07, 6.45) is 3.10. The number of aldehydes is 2. The summed E-state index contributed by atoms with van der Waals surface area (Å²) in [5, 5.41) is 25.4. The summed E-state index contributed by atoms with van der Waals surface area (Å²) in [5.74, 6) is -1.37. The van der Waals surface area contributed by atoms with Crippen LogP contribution in [0.25, 0.3) is 0 Å². The first-order valence-electron chi connectivity index (χ1n) is 18.6. The van der Waals surface area contributed by atoms with E-state index in [1.54, 1.807) is 36.4 Å². The van der Waals surface area contributed by atoms with Crippen molar-refractivity contribution < 1.29 is 33.4 Å². The molecule has 7 N–H and O–H groups in total. The van der Waals surface area contributed by atoms with Gasteiger partial charge in [0, 0.05) is 95.8 Å². The van der Waals surface area contributed by atoms with Gasteiger partial charge in [0.15, 0.2) is 12.2 Å². The maximum atomic E-state index is 13.7. The van der Waals surface area contributed by atoms with Crippen LogP contribution in [0.1, 0.15) is 75.3 Å². The third-order valence-corrected chi connectivity index (χ3v) is 9.96. The van der Waals surface area contributed by atoms with Gasteiger partial charge in [-0.1, -0.05) is 12.1 Å². The van der Waals surface area contributed by atoms with E-state index in [-0.39, 0.29) is 71.4 Å². The number of hydrogen-bond acceptors (Lipinski definition) is 16. The minimum Gasteiger partial charge on any atom is -0.451 e. The molecule has 18 heteroatoms. The number of carbonyl (C=O) groups excluding carboxylic acids is 5. The number of aromatic nitrogens is 2. The second-order valence-electron chi connectivity index (χ2n) is 14.2. The number of nitrogen functional groups attached to an aromatic ring is 1. The first-order valence-corrected chi connectivity index (χ1v) is 18.6. The molecule has 1 aromatic heterocycles. The van der Waals surface area contributed by atoms with E-state index in [1.807, 2.05) is 13.8 Å². The molecule has 2 aliphatic heterocycles. The highest BCUT2D eigenvalue weighted by Crippen LogP contribution is 2.37. The average molecular weight is 784 g/mol. The summed E-state index contributed by atoms with van der Waals surface area (Å²) in [6, 6.07) is 9.45. The number of piperazine rings is 1. The summed E-state index contributed by atoms with van der Waals surface area (Å²) >= 11 is 0. The molecule has 5 rings (SSSR count). The van der Waals surface area contributed by atoms with Crippen LogP contribution in [-0.2, 0) is 24.7 Å². The topological polar surface area (TPSA) is 249 Å². The minimum atomic E-state index is -0.828. The Hall–Kier alpha value is -6.27. The van der Waals surface area contributed by atoms with Crippen molar-refractivity contribution in [1.29, 1.82) is 10.8 Å². The first kappa shape index (κ1) is 41.9. The Balaban J connectivity index is 1.04. The van der Waals surface area contributed by atoms with Crippen LogP contribution in [0.3, 0.4) is 0 Å². The third kappa shape index (κ3) is 10.1. The maximum absolute atomic E-state index is 13.7. The number of carbonyl (C=O) groups is 5. The molecule has 3 heterocycles. The molecule has 57 heavy (non-hydrogen) atoms. The number of rotatable bonds is 17. The van der Waals surface area contributed by atoms with E-state index in [9.17, 15) is 24.0 Å². The van der Waals surface area contributed by atoms with E-state index in [4.69, 9.17) is 26.0 Å². The lowest BCUT2D eigenvalue weighted by molar-refractivity contribution is -0.121. The molecule has 2 amide bonds. The van der Waals surface area contributed by atoms with Gasteiger partial charge in [-0.15, -0.1) is 0 Å². The number of likely N-dealkylation sites (N-methyl/N-ethyl adjacent to an activating group) is 1. The molecule has 0 spiro atoms. The lowest BCUT2D eigenvalue weighted by Crippen LogP contribution is -2.49. The minimum absolute atomic E-state index is 0.00355. The van der Waals surface area contributed by atoms with Crippen LogP contribution in [0.2, 0.25) is 0 Å². The number of anilines is 4. The highest BCUT2D eigenvalue weighted by Gasteiger charge is 2.38. The molecular formula is C39H49N11O7. The van der Waals surface area contributed by atoms with Crippen molar-refractivity contribution in [1.82, 2.24) is 30.4 Å². The molecule has 1 unspecified atom stereocenters. The van der Waals surface area contributed by atoms with Crippen molar-refractivity contribution >= 4 is 65.3 Å². The predicted molar refractivity (Wildman–Crippen MR) is 213 cm³/mol. The number of cyclic esters (lactones) is 1. The third-order valence-electron chi connectivity index (χ3n) is 9.96. The molecule has 1 saturated heterocycles. The Kier molecular flexibility index (Phi) is 13.7. The normalized spacial score (nSPS) is 15.2. The Morgan fingerprint density at radius 3 is 2.54 bits per heavy atom. The first-order chi connectivity index (χ1) is 27.3. The van der Waals surface area contributed by atoms with Gasteiger partial charge in [-0.3, -0.25) is 30.1 Å². The number of nitrogens with zero attached hydrogens (tertiary/aromatic N) is 5. The molecule has 0 aliphatic carbocycles. The molecule has 2 aliphatic rings. The number of ether oxygens (including phenoxy) is 2. The molecule has 302 valence electrons. The zero-order chi connectivity index (χ0) is 41.3. The van der Waals surface area contributed by atoms with Crippen LogP contribution >= 0.6 is 0 Å². The van der Waals surface area contributed by atoms with Crippen LogP contribution in [0, 0.1) is 10.8 Å². The molecule has 3 aromatic rings. The van der Waals surface area contributed by atoms with Gasteiger partial charge in [-0.2, -0.15) is 4.98 Å². The SMILES string of the molecule is CNC(=O)CCC(C=O)N(C)C(=O)c1c(C=O)cccc1N1CCN(CCNCCC(=N)OC(=N)c2cnc(Nc3ccc4c(c3)C(C)(C)OC4=O)nc2N)CC1. The van der Waals surface area contributed by atoms with Crippen molar-refractivity contribution in [3.05, 3.63) is 70.4 Å². The van der Waals surface area contributed by atoms with Gasteiger partial charge >= 0.3 is 5.97 Å². The fourth-order valence-electron chi connectivity index (χ4n) is 6.64. The summed E-state index contributed by atoms with van der Waals surface area (Å²) < 4.78 is 10.8. The van der Waals surface area contributed by atoms with Crippen molar-refractivity contribution in [2.24, 2.45) is 0 Å². The summed E-state index contributed by atoms with van der Waals surface area (Å²) in [5.41, 5.74) is 8.43. The van der Waals surface area contributed by atoms with Gasteiger partial charge in [-0.05, 0) is 44.5 Å². The standard InChI is InChI=1S/C39H49N11O7/c1-39(2)29-20-25(8-10-27(29)37(55)57-39)46-38-45-21-28(34(41)47-38)35(42)56-31(40)12-13-44-14-15-49-16-18-50(19-17-49)30-7-5-6-24(22-51)33(30)36(54)48(4)26(23-52)9-11-32(53)43-3/h5-8,10,20-23,26,40,42,44H,9,11-19H2,1-4H3,(H,43,53)(H3,41,45,46,47). The number of fused-ring (bicyclic) bond motifs is 1. The highest BCUT2D eigenvalue weighted by molar-refractivity contribution is 6.07. The van der Waals surface area contributed by atoms with Crippen molar-refractivity contribution in [3.63, 3.8) is 0 Å². The number of benzene rings is 2. The van der Waals surface area contributed by atoms with E-state index < -0.39 is 17.6 Å². The van der Waals surface area contributed by atoms with Crippen molar-refractivity contribution in [2.75, 3.05) is 75.9 Å². The van der Waals surface area contributed by atoms with Crippen molar-refractivity contribution in [2.45, 2.75) is 44.8 Å². The highest BCUT2D eigenvalue weighted by atomic mass is 16.6. The van der Waals surface area contributed by atoms with E-state index in [0.717, 1.165) is 12.1 Å². The van der Waals surface area contributed by atoms with Gasteiger partial charge in [-0.25, -0.2) is 9.78 Å². The van der Waals surface area contributed by atoms with E-state index in [2.05, 4.69) is 35.7 Å². The van der Waals surface area contributed by atoms with E-state index in [0.29, 0.717) is 68.8 Å². The molecule has 0 saturated carbocycles. The Morgan fingerprint density at radius 1 is 1.11 bits per heavy atom. The van der Waals surface area contributed by atoms with Crippen LogP contribution in [0.15, 0.2) is 42.6 Å². The summed E-state index contributed by atoms with van der Waals surface area (Å²) in [6.45, 7) is 8.05. The van der Waals surface area contributed by atoms with Gasteiger partial charge in [0.05, 0.1) is 28.4 Å². The number of amides is 2. The fraction of sp³-hybridized carbons (Fsp3) is 0.410. The summed E-state index contributed by atoms with van der Waals surface area (Å²) in [7, 11) is 3.01. The molecule has 1 fully saturated rings. The summed E-state index contributed by atoms with van der Waals surface area (Å²) in [4.78, 5) is 75.5. The fourth-order valence-corrected chi connectivity index (χ4v) is 6.64. The molecule has 0 radical (unpaired) electrons.